The minimum Gasteiger partial charge on any atom is -0.438 e. The van der Waals surface area contributed by atoms with Crippen LogP contribution < -0.4 is 4.74 Å². The van der Waals surface area contributed by atoms with Gasteiger partial charge >= 0.3 is 0 Å². The molecule has 0 radical (unpaired) electrons. The van der Waals surface area contributed by atoms with E-state index < -0.39 is 0 Å². The number of hydrogen-bond donors (Lipinski definition) is 0. The number of fused-ring (bicyclic) bond motifs is 1. The molecule has 1 aliphatic rings. The molecule has 2 aromatic rings. The molecule has 3 nitrogen and oxygen atoms in total. The minimum absolute atomic E-state index is 0.409. The second kappa shape index (κ2) is 5.64. The maximum absolute atomic E-state index is 9.27. The molecule has 1 aromatic carbocycles. The molecule has 1 aromatic heterocycles. The molecule has 1 aliphatic carbocycles. The molecule has 0 fully saturated rings. The van der Waals surface area contributed by atoms with Gasteiger partial charge in [-0.05, 0) is 55.5 Å². The van der Waals surface area contributed by atoms with Crippen LogP contribution in [0.2, 0.25) is 0 Å². The summed E-state index contributed by atoms with van der Waals surface area (Å²) in [7, 11) is 0. The molecule has 0 spiro atoms. The Morgan fingerprint density at radius 2 is 2.05 bits per heavy atom. The number of hydrogen-bond acceptors (Lipinski definition) is 3. The highest BCUT2D eigenvalue weighted by Gasteiger charge is 2.16. The second-order valence-corrected chi connectivity index (χ2v) is 5.74. The molecule has 0 unspecified atom stereocenters. The lowest BCUT2D eigenvalue weighted by molar-refractivity contribution is 0.456. The number of benzene rings is 1. The first kappa shape index (κ1) is 13.1. The third-order valence-electron chi connectivity index (χ3n) is 3.40. The van der Waals surface area contributed by atoms with Crippen molar-refractivity contribution in [2.75, 3.05) is 0 Å². The summed E-state index contributed by atoms with van der Waals surface area (Å²) in [5.41, 5.74) is 2.76. The first-order chi connectivity index (χ1) is 9.76. The maximum Gasteiger partial charge on any atom is 0.237 e. The molecule has 0 saturated heterocycles. The Kier molecular flexibility index (Phi) is 3.70. The van der Waals surface area contributed by atoms with E-state index in [2.05, 4.69) is 27.0 Å². The van der Waals surface area contributed by atoms with Crippen molar-refractivity contribution in [1.29, 1.82) is 5.26 Å². The van der Waals surface area contributed by atoms with E-state index >= 15 is 0 Å². The lowest BCUT2D eigenvalue weighted by atomic mass is 9.95. The quantitative estimate of drug-likeness (QED) is 0.821. The van der Waals surface area contributed by atoms with Gasteiger partial charge in [0.15, 0.2) is 0 Å². The van der Waals surface area contributed by atoms with Crippen molar-refractivity contribution in [3.05, 3.63) is 51.6 Å². The fourth-order valence-corrected chi connectivity index (χ4v) is 2.79. The van der Waals surface area contributed by atoms with E-state index in [9.17, 15) is 5.26 Å². The summed E-state index contributed by atoms with van der Waals surface area (Å²) in [6, 6.07) is 11.6. The number of aromatic nitrogens is 1. The highest BCUT2D eigenvalue weighted by molar-refractivity contribution is 9.10. The van der Waals surface area contributed by atoms with Crippen LogP contribution >= 0.6 is 15.9 Å². The van der Waals surface area contributed by atoms with E-state index in [-0.39, 0.29) is 0 Å². The maximum atomic E-state index is 9.27. The molecule has 0 atom stereocenters. The Morgan fingerprint density at radius 3 is 2.85 bits per heavy atom. The average molecular weight is 329 g/mol. The molecule has 0 amide bonds. The molecule has 0 N–H and O–H groups in total. The van der Waals surface area contributed by atoms with Crippen LogP contribution in [0.25, 0.3) is 0 Å². The lowest BCUT2D eigenvalue weighted by Crippen LogP contribution is -2.07. The third kappa shape index (κ3) is 2.68. The van der Waals surface area contributed by atoms with Crippen molar-refractivity contribution in [2.24, 2.45) is 0 Å². The van der Waals surface area contributed by atoms with Gasteiger partial charge in [-0.1, -0.05) is 22.0 Å². The summed E-state index contributed by atoms with van der Waals surface area (Å²) >= 11 is 3.41. The van der Waals surface area contributed by atoms with Crippen LogP contribution in [-0.2, 0) is 12.8 Å². The van der Waals surface area contributed by atoms with Gasteiger partial charge in [0.05, 0.1) is 0 Å². The summed E-state index contributed by atoms with van der Waals surface area (Å²) in [6.45, 7) is 0. The Morgan fingerprint density at radius 1 is 1.20 bits per heavy atom. The van der Waals surface area contributed by atoms with Crippen LogP contribution in [0.5, 0.6) is 11.6 Å². The van der Waals surface area contributed by atoms with Crippen molar-refractivity contribution in [2.45, 2.75) is 25.7 Å². The van der Waals surface area contributed by atoms with Gasteiger partial charge in [-0.2, -0.15) is 5.26 Å². The molecule has 0 saturated carbocycles. The van der Waals surface area contributed by atoms with E-state index in [1.54, 1.807) is 0 Å². The Balaban J connectivity index is 1.98. The zero-order valence-electron chi connectivity index (χ0n) is 10.9. The number of nitrogens with zero attached hydrogens (tertiary/aromatic N) is 2. The van der Waals surface area contributed by atoms with E-state index in [0.29, 0.717) is 17.2 Å². The Labute approximate surface area is 126 Å². The highest BCUT2D eigenvalue weighted by Crippen LogP contribution is 2.29. The Hall–Kier alpha value is -1.86. The first-order valence-corrected chi connectivity index (χ1v) is 7.42. The van der Waals surface area contributed by atoms with E-state index in [4.69, 9.17) is 4.74 Å². The molecule has 3 rings (SSSR count). The monoisotopic (exact) mass is 328 g/mol. The van der Waals surface area contributed by atoms with Crippen LogP contribution in [0.4, 0.5) is 0 Å². The van der Waals surface area contributed by atoms with Gasteiger partial charge < -0.3 is 4.74 Å². The average Bonchev–Trinajstić information content (AvgIpc) is 2.46. The fourth-order valence-electron chi connectivity index (χ4n) is 2.41. The smallest absolute Gasteiger partial charge is 0.237 e. The fraction of sp³-hybridized carbons (Fsp3) is 0.250. The zero-order valence-corrected chi connectivity index (χ0v) is 12.5. The number of pyridine rings is 1. The molecule has 1 heterocycles. The second-order valence-electron chi connectivity index (χ2n) is 4.83. The standard InChI is InChI=1S/C16H13BrN2O/c17-13-5-3-6-14(9-13)20-16-12(10-18)8-11-4-1-2-7-15(11)19-16/h3,5-6,8-9H,1-2,4,7H2. The van der Waals surface area contributed by atoms with Gasteiger partial charge in [-0.3, -0.25) is 0 Å². The van der Waals surface area contributed by atoms with Gasteiger partial charge in [-0.15, -0.1) is 0 Å². The molecule has 0 aliphatic heterocycles. The number of rotatable bonds is 2. The van der Waals surface area contributed by atoms with Gasteiger partial charge in [0, 0.05) is 10.2 Å². The molecular weight excluding hydrogens is 316 g/mol. The molecule has 4 heteroatoms. The van der Waals surface area contributed by atoms with E-state index in [1.165, 1.54) is 12.0 Å². The lowest BCUT2D eigenvalue weighted by Gasteiger charge is -2.16. The SMILES string of the molecule is N#Cc1cc2c(nc1Oc1cccc(Br)c1)CCCC2. The summed E-state index contributed by atoms with van der Waals surface area (Å²) in [6.07, 6.45) is 4.30. The van der Waals surface area contributed by atoms with Crippen molar-refractivity contribution < 1.29 is 4.74 Å². The number of halogens is 1. The van der Waals surface area contributed by atoms with Crippen molar-refractivity contribution in [3.8, 4) is 17.7 Å². The minimum atomic E-state index is 0.409. The predicted octanol–water partition coefficient (Wildman–Crippen LogP) is 4.39. The molecule has 0 bridgehead atoms. The van der Waals surface area contributed by atoms with Crippen molar-refractivity contribution >= 4 is 15.9 Å². The van der Waals surface area contributed by atoms with E-state index in [1.807, 2.05) is 30.3 Å². The van der Waals surface area contributed by atoms with E-state index in [0.717, 1.165) is 29.4 Å². The zero-order chi connectivity index (χ0) is 13.9. The summed E-state index contributed by atoms with van der Waals surface area (Å²) in [5.74, 6) is 1.09. The van der Waals surface area contributed by atoms with Crippen LogP contribution in [0, 0.1) is 11.3 Å². The normalized spacial score (nSPS) is 13.4. The number of aryl methyl sites for hydroxylation is 2. The van der Waals surface area contributed by atoms with Crippen LogP contribution in [0.3, 0.4) is 0 Å². The van der Waals surface area contributed by atoms with Gasteiger partial charge in [0.2, 0.25) is 5.88 Å². The first-order valence-electron chi connectivity index (χ1n) is 6.62. The van der Waals surface area contributed by atoms with Crippen LogP contribution in [0.1, 0.15) is 29.7 Å². The highest BCUT2D eigenvalue weighted by atomic mass is 79.9. The summed E-state index contributed by atoms with van der Waals surface area (Å²) in [5, 5.41) is 9.27. The van der Waals surface area contributed by atoms with Crippen molar-refractivity contribution in [1.82, 2.24) is 4.98 Å². The van der Waals surface area contributed by atoms with Gasteiger partial charge in [-0.25, -0.2) is 4.98 Å². The number of ether oxygens (including phenoxy) is 1. The van der Waals surface area contributed by atoms with Crippen molar-refractivity contribution in [3.63, 3.8) is 0 Å². The molecule has 100 valence electrons. The Bertz CT molecular complexity index is 691. The van der Waals surface area contributed by atoms with Crippen LogP contribution in [0.15, 0.2) is 34.8 Å². The topological polar surface area (TPSA) is 45.9 Å². The van der Waals surface area contributed by atoms with Gasteiger partial charge in [0.25, 0.3) is 0 Å². The van der Waals surface area contributed by atoms with Crippen LogP contribution in [-0.4, -0.2) is 4.98 Å². The third-order valence-corrected chi connectivity index (χ3v) is 3.89. The summed E-state index contributed by atoms with van der Waals surface area (Å²) < 4.78 is 6.72. The molecular formula is C16H13BrN2O. The van der Waals surface area contributed by atoms with Gasteiger partial charge in [0.1, 0.15) is 17.4 Å². The number of nitriles is 1. The largest absolute Gasteiger partial charge is 0.438 e. The predicted molar refractivity (Wildman–Crippen MR) is 79.8 cm³/mol. The molecule has 20 heavy (non-hydrogen) atoms. The summed E-state index contributed by atoms with van der Waals surface area (Å²) in [4.78, 5) is 4.55.